The van der Waals surface area contributed by atoms with Crippen LogP contribution in [-0.4, -0.2) is 13.7 Å². The molecule has 0 heterocycles. The van der Waals surface area contributed by atoms with Gasteiger partial charge in [0.1, 0.15) is 11.5 Å². The summed E-state index contributed by atoms with van der Waals surface area (Å²) in [6.07, 6.45) is 4.87. The molecular formula is C14H18O2. The highest BCUT2D eigenvalue weighted by molar-refractivity contribution is 5.31. The molecule has 2 nitrogen and oxygen atoms in total. The predicted molar refractivity (Wildman–Crippen MR) is 67.1 cm³/mol. The lowest BCUT2D eigenvalue weighted by Gasteiger charge is -2.05. The summed E-state index contributed by atoms with van der Waals surface area (Å²) >= 11 is 0. The zero-order valence-electron chi connectivity index (χ0n) is 10.6. The van der Waals surface area contributed by atoms with Gasteiger partial charge in [-0.25, -0.2) is 0 Å². The quantitative estimate of drug-likeness (QED) is 0.515. The normalized spacial score (nSPS) is 11.8. The molecule has 86 valence electrons. The Kier molecular flexibility index (Phi) is 5.11. The van der Waals surface area contributed by atoms with E-state index in [2.05, 4.69) is 6.58 Å². The van der Waals surface area contributed by atoms with Crippen LogP contribution in [0.2, 0.25) is 0 Å². The van der Waals surface area contributed by atoms with E-state index in [1.807, 2.05) is 24.3 Å². The average molecular weight is 219 g/mol. The molecule has 0 N–H and O–H groups in total. The largest absolute Gasteiger partial charge is 0.497 e. The minimum absolute atomic E-state index is 0.582. The molecule has 0 atom stereocenters. The molecular weight excluding hydrogens is 200 g/mol. The number of ether oxygens (including phenoxy) is 2. The Balaban J connectivity index is 2.26. The number of hydrogen-bond acceptors (Lipinski definition) is 2. The molecule has 1 aromatic rings. The van der Waals surface area contributed by atoms with Crippen molar-refractivity contribution in [3.8, 4) is 11.5 Å². The van der Waals surface area contributed by atoms with Crippen molar-refractivity contribution in [2.45, 2.75) is 12.8 Å². The van der Waals surface area contributed by atoms with Crippen LogP contribution >= 0.6 is 0 Å². The first-order valence-electron chi connectivity index (χ1n) is 5.81. The topological polar surface area (TPSA) is 18.5 Å². The van der Waals surface area contributed by atoms with E-state index in [0.717, 1.165) is 17.9 Å². The SMILES string of the molecule is [2H]/C(=C\C=C)CCCOc1ccc(OC)cc1. The van der Waals surface area contributed by atoms with E-state index in [4.69, 9.17) is 10.8 Å². The third-order valence-electron chi connectivity index (χ3n) is 2.03. The second kappa shape index (κ2) is 7.57. The van der Waals surface area contributed by atoms with Crippen LogP contribution in [0.1, 0.15) is 14.2 Å². The number of hydrogen-bond donors (Lipinski definition) is 0. The Labute approximate surface area is 98.6 Å². The van der Waals surface area contributed by atoms with Crippen LogP contribution in [0.25, 0.3) is 0 Å². The summed E-state index contributed by atoms with van der Waals surface area (Å²) in [7, 11) is 1.64. The first kappa shape index (κ1) is 10.8. The molecule has 0 saturated carbocycles. The van der Waals surface area contributed by atoms with Gasteiger partial charge in [0.05, 0.1) is 15.1 Å². The van der Waals surface area contributed by atoms with E-state index in [0.29, 0.717) is 19.1 Å². The molecule has 0 aromatic heterocycles. The maximum absolute atomic E-state index is 7.53. The van der Waals surface area contributed by atoms with Crippen LogP contribution in [0, 0.1) is 0 Å². The van der Waals surface area contributed by atoms with Gasteiger partial charge in [-0.05, 0) is 37.1 Å². The molecule has 0 aliphatic carbocycles. The fourth-order valence-electron chi connectivity index (χ4n) is 1.20. The van der Waals surface area contributed by atoms with E-state index >= 15 is 0 Å². The monoisotopic (exact) mass is 219 g/mol. The molecule has 0 saturated heterocycles. The summed E-state index contributed by atoms with van der Waals surface area (Å²) < 4.78 is 18.1. The Hall–Kier alpha value is -1.70. The molecule has 2 heteroatoms. The standard InChI is InChI=1S/C14H18O2/c1-3-4-5-6-7-12-16-14-10-8-13(15-2)9-11-14/h3-5,8-11H,1,6-7,12H2,2H3/b5-4+/i5D. The van der Waals surface area contributed by atoms with Crippen LogP contribution in [0.5, 0.6) is 11.5 Å². The van der Waals surface area contributed by atoms with Gasteiger partial charge in [0.2, 0.25) is 0 Å². The smallest absolute Gasteiger partial charge is 0.119 e. The third-order valence-corrected chi connectivity index (χ3v) is 2.03. The van der Waals surface area contributed by atoms with Crippen molar-refractivity contribution in [1.29, 1.82) is 0 Å². The van der Waals surface area contributed by atoms with Gasteiger partial charge in [0, 0.05) is 0 Å². The van der Waals surface area contributed by atoms with E-state index in [9.17, 15) is 0 Å². The van der Waals surface area contributed by atoms with Crippen molar-refractivity contribution in [3.05, 3.63) is 49.0 Å². The van der Waals surface area contributed by atoms with Gasteiger partial charge in [-0.15, -0.1) is 0 Å². The van der Waals surface area contributed by atoms with Gasteiger partial charge in [-0.2, -0.15) is 0 Å². The van der Waals surface area contributed by atoms with Gasteiger partial charge >= 0.3 is 0 Å². The maximum atomic E-state index is 7.53. The van der Waals surface area contributed by atoms with Crippen LogP contribution in [-0.2, 0) is 0 Å². The minimum Gasteiger partial charge on any atom is -0.497 e. The molecule has 1 rings (SSSR count). The van der Waals surface area contributed by atoms with Crippen molar-refractivity contribution in [1.82, 2.24) is 0 Å². The minimum atomic E-state index is 0.582. The zero-order valence-corrected chi connectivity index (χ0v) is 9.61. The molecule has 0 radical (unpaired) electrons. The second-order valence-corrected chi connectivity index (χ2v) is 3.23. The molecule has 0 amide bonds. The lowest BCUT2D eigenvalue weighted by atomic mass is 10.3. The summed E-state index contributed by atoms with van der Waals surface area (Å²) in [6, 6.07) is 8.06. The van der Waals surface area contributed by atoms with Gasteiger partial charge in [-0.1, -0.05) is 24.8 Å². The fraction of sp³-hybridized carbons (Fsp3) is 0.286. The molecule has 0 aliphatic rings. The highest BCUT2D eigenvalue weighted by atomic mass is 16.5. The van der Waals surface area contributed by atoms with Gasteiger partial charge in [0.15, 0.2) is 0 Å². The maximum Gasteiger partial charge on any atom is 0.119 e. The van der Waals surface area contributed by atoms with E-state index in [1.54, 1.807) is 19.3 Å². The molecule has 0 aliphatic heterocycles. The number of rotatable bonds is 7. The molecule has 0 unspecified atom stereocenters. The Bertz CT molecular complexity index is 368. The summed E-state index contributed by atoms with van der Waals surface area (Å²) in [5, 5.41) is 0. The molecule has 0 bridgehead atoms. The number of benzene rings is 1. The molecule has 0 fully saturated rings. The van der Waals surface area contributed by atoms with E-state index in [1.165, 1.54) is 0 Å². The van der Waals surface area contributed by atoms with Crippen molar-refractivity contribution in [2.75, 3.05) is 13.7 Å². The van der Waals surface area contributed by atoms with Crippen LogP contribution in [0.4, 0.5) is 0 Å². The number of methoxy groups -OCH3 is 1. The second-order valence-electron chi connectivity index (χ2n) is 3.23. The summed E-state index contributed by atoms with van der Waals surface area (Å²) in [6.45, 7) is 4.16. The van der Waals surface area contributed by atoms with Gasteiger partial charge < -0.3 is 9.47 Å². The third kappa shape index (κ3) is 4.69. The lowest BCUT2D eigenvalue weighted by molar-refractivity contribution is 0.311. The zero-order chi connectivity index (χ0) is 12.5. The van der Waals surface area contributed by atoms with Gasteiger partial charge in [0.25, 0.3) is 0 Å². The Morgan fingerprint density at radius 1 is 1.31 bits per heavy atom. The van der Waals surface area contributed by atoms with Crippen LogP contribution in [0.15, 0.2) is 49.0 Å². The summed E-state index contributed by atoms with van der Waals surface area (Å²) in [5.41, 5.74) is 0. The first-order chi connectivity index (χ1) is 8.26. The van der Waals surface area contributed by atoms with Crippen LogP contribution < -0.4 is 9.47 Å². The average Bonchev–Trinajstić information content (AvgIpc) is 2.36. The molecule has 16 heavy (non-hydrogen) atoms. The van der Waals surface area contributed by atoms with Crippen molar-refractivity contribution < 1.29 is 10.8 Å². The Morgan fingerprint density at radius 3 is 2.62 bits per heavy atom. The van der Waals surface area contributed by atoms with Crippen molar-refractivity contribution in [3.63, 3.8) is 0 Å². The summed E-state index contributed by atoms with van der Waals surface area (Å²) in [4.78, 5) is 0. The first-order valence-corrected chi connectivity index (χ1v) is 5.31. The van der Waals surface area contributed by atoms with E-state index < -0.39 is 0 Å². The number of allylic oxidation sites excluding steroid dienone is 3. The Morgan fingerprint density at radius 2 is 2.00 bits per heavy atom. The van der Waals surface area contributed by atoms with Crippen LogP contribution in [0.3, 0.4) is 0 Å². The van der Waals surface area contributed by atoms with Crippen molar-refractivity contribution >= 4 is 0 Å². The predicted octanol–water partition coefficient (Wildman–Crippen LogP) is 3.60. The van der Waals surface area contributed by atoms with E-state index in [-0.39, 0.29) is 0 Å². The van der Waals surface area contributed by atoms with Crippen molar-refractivity contribution in [2.24, 2.45) is 0 Å². The highest BCUT2D eigenvalue weighted by Crippen LogP contribution is 2.17. The molecule has 1 aromatic carbocycles. The summed E-state index contributed by atoms with van der Waals surface area (Å²) in [5.74, 6) is 1.64. The molecule has 0 spiro atoms. The lowest BCUT2D eigenvalue weighted by Crippen LogP contribution is -1.96. The fourth-order valence-corrected chi connectivity index (χ4v) is 1.20. The van der Waals surface area contributed by atoms with Gasteiger partial charge in [-0.3, -0.25) is 0 Å². The highest BCUT2D eigenvalue weighted by Gasteiger charge is 1.94.